The van der Waals surface area contributed by atoms with Crippen molar-refractivity contribution in [3.63, 3.8) is 0 Å². The Hall–Kier alpha value is -1.51. The van der Waals surface area contributed by atoms with Gasteiger partial charge in [0.05, 0.1) is 0 Å². The zero-order chi connectivity index (χ0) is 9.84. The van der Waals surface area contributed by atoms with Crippen molar-refractivity contribution in [3.8, 4) is 0 Å². The molecule has 0 aromatic heterocycles. The molecule has 1 aromatic carbocycles. The molecule has 0 spiro atoms. The number of rotatable bonds is 2. The summed E-state index contributed by atoms with van der Waals surface area (Å²) in [5.74, 6) is -1.47. The predicted molar refractivity (Wildman–Crippen MR) is 46.1 cm³/mol. The first-order valence-corrected chi connectivity index (χ1v) is 3.73. The smallest absolute Gasteiger partial charge is 0.152 e. The molecule has 0 amide bonds. The van der Waals surface area contributed by atoms with Crippen molar-refractivity contribution >= 4 is 11.9 Å². The van der Waals surface area contributed by atoms with Crippen molar-refractivity contribution in [1.82, 2.24) is 0 Å². The Morgan fingerprint density at radius 3 is 2.62 bits per heavy atom. The van der Waals surface area contributed by atoms with Gasteiger partial charge in [-0.2, -0.15) is 0 Å². The molecule has 0 N–H and O–H groups in total. The average molecular weight is 182 g/mol. The highest BCUT2D eigenvalue weighted by Crippen LogP contribution is 2.10. The van der Waals surface area contributed by atoms with E-state index in [1.807, 2.05) is 0 Å². The largest absolute Gasteiger partial charge is 0.295 e. The van der Waals surface area contributed by atoms with Crippen LogP contribution in [0.15, 0.2) is 24.3 Å². The standard InChI is InChI=1S/C10H8F2O/c1-7(13)2-3-8-4-5-9(11)6-10(8)12/h2-6H,1H3/b3-2-. The van der Waals surface area contributed by atoms with Crippen LogP contribution in [0, 0.1) is 11.6 Å². The van der Waals surface area contributed by atoms with E-state index >= 15 is 0 Å². The van der Waals surface area contributed by atoms with Crippen molar-refractivity contribution in [2.45, 2.75) is 6.92 Å². The molecule has 13 heavy (non-hydrogen) atoms. The molecule has 0 aliphatic rings. The van der Waals surface area contributed by atoms with E-state index in [2.05, 4.69) is 0 Å². The summed E-state index contributed by atoms with van der Waals surface area (Å²) < 4.78 is 25.3. The number of hydrogen-bond acceptors (Lipinski definition) is 1. The maximum atomic E-state index is 12.9. The molecule has 1 nitrogen and oxygen atoms in total. The highest BCUT2D eigenvalue weighted by molar-refractivity contribution is 5.91. The van der Waals surface area contributed by atoms with Crippen LogP contribution in [0.3, 0.4) is 0 Å². The van der Waals surface area contributed by atoms with Gasteiger partial charge in [-0.15, -0.1) is 0 Å². The molecule has 1 rings (SSSR count). The quantitative estimate of drug-likeness (QED) is 0.642. The third-order valence-electron chi connectivity index (χ3n) is 1.46. The van der Waals surface area contributed by atoms with Crippen LogP contribution in [0.1, 0.15) is 12.5 Å². The van der Waals surface area contributed by atoms with Crippen molar-refractivity contribution in [3.05, 3.63) is 41.5 Å². The second kappa shape index (κ2) is 3.94. The summed E-state index contributed by atoms with van der Waals surface area (Å²) in [5, 5.41) is 0. The normalized spacial score (nSPS) is 10.7. The first-order chi connectivity index (χ1) is 6.09. The van der Waals surface area contributed by atoms with Gasteiger partial charge >= 0.3 is 0 Å². The third kappa shape index (κ3) is 2.78. The molecule has 0 fully saturated rings. The number of carbonyl (C=O) groups excluding carboxylic acids is 1. The number of halogens is 2. The minimum atomic E-state index is -0.669. The summed E-state index contributed by atoms with van der Waals surface area (Å²) in [6.07, 6.45) is 2.55. The predicted octanol–water partition coefficient (Wildman–Crippen LogP) is 2.57. The van der Waals surface area contributed by atoms with E-state index < -0.39 is 11.6 Å². The minimum Gasteiger partial charge on any atom is -0.295 e. The Bertz CT molecular complexity index is 356. The first-order valence-electron chi connectivity index (χ1n) is 3.73. The lowest BCUT2D eigenvalue weighted by Crippen LogP contribution is -1.85. The highest BCUT2D eigenvalue weighted by atomic mass is 19.1. The van der Waals surface area contributed by atoms with E-state index in [-0.39, 0.29) is 11.3 Å². The van der Waals surface area contributed by atoms with Gasteiger partial charge in [0.2, 0.25) is 0 Å². The fraction of sp³-hybridized carbons (Fsp3) is 0.100. The van der Waals surface area contributed by atoms with Crippen molar-refractivity contribution in [1.29, 1.82) is 0 Å². The molecule has 0 aliphatic heterocycles. The molecule has 1 aromatic rings. The van der Waals surface area contributed by atoms with Gasteiger partial charge in [0, 0.05) is 11.6 Å². The van der Waals surface area contributed by atoms with Crippen LogP contribution < -0.4 is 0 Å². The Morgan fingerprint density at radius 1 is 1.38 bits per heavy atom. The third-order valence-corrected chi connectivity index (χ3v) is 1.46. The first kappa shape index (κ1) is 9.58. The molecule has 3 heteroatoms. The second-order valence-electron chi connectivity index (χ2n) is 2.61. The Balaban J connectivity index is 2.96. The number of hydrogen-bond donors (Lipinski definition) is 0. The van der Waals surface area contributed by atoms with E-state index in [0.717, 1.165) is 12.1 Å². The highest BCUT2D eigenvalue weighted by Gasteiger charge is 1.99. The molecule has 0 atom stereocenters. The maximum Gasteiger partial charge on any atom is 0.152 e. The molecule has 0 unspecified atom stereocenters. The zero-order valence-corrected chi connectivity index (χ0v) is 7.05. The Labute approximate surface area is 74.7 Å². The molecule has 0 heterocycles. The molecule has 0 saturated heterocycles. The van der Waals surface area contributed by atoms with E-state index in [1.165, 1.54) is 25.1 Å². The van der Waals surface area contributed by atoms with Gasteiger partial charge in [-0.1, -0.05) is 0 Å². The second-order valence-corrected chi connectivity index (χ2v) is 2.61. The summed E-state index contributed by atoms with van der Waals surface area (Å²) in [7, 11) is 0. The maximum absolute atomic E-state index is 12.9. The van der Waals surface area contributed by atoms with Crippen molar-refractivity contribution in [2.75, 3.05) is 0 Å². The monoisotopic (exact) mass is 182 g/mol. The van der Waals surface area contributed by atoms with Gasteiger partial charge in [-0.25, -0.2) is 8.78 Å². The van der Waals surface area contributed by atoms with Crippen LogP contribution in [-0.4, -0.2) is 5.78 Å². The Morgan fingerprint density at radius 2 is 2.08 bits per heavy atom. The minimum absolute atomic E-state index is 0.177. The SMILES string of the molecule is CC(=O)/C=C\c1ccc(F)cc1F. The van der Waals surface area contributed by atoms with Crippen LogP contribution in [0.25, 0.3) is 6.08 Å². The summed E-state index contributed by atoms with van der Waals surface area (Å²) in [6, 6.07) is 3.20. The lowest BCUT2D eigenvalue weighted by Gasteiger charge is -1.95. The van der Waals surface area contributed by atoms with Crippen LogP contribution in [0.2, 0.25) is 0 Å². The van der Waals surface area contributed by atoms with Crippen molar-refractivity contribution < 1.29 is 13.6 Å². The summed E-state index contributed by atoms with van der Waals surface area (Å²) in [5.41, 5.74) is 0.205. The van der Waals surface area contributed by atoms with E-state index in [9.17, 15) is 13.6 Å². The van der Waals surface area contributed by atoms with Gasteiger partial charge in [-0.3, -0.25) is 4.79 Å². The topological polar surface area (TPSA) is 17.1 Å². The molecule has 0 saturated carbocycles. The number of ketones is 1. The lowest BCUT2D eigenvalue weighted by atomic mass is 10.2. The molecular formula is C10H8F2O. The molecule has 0 radical (unpaired) electrons. The summed E-state index contributed by atoms with van der Waals surface area (Å²) in [6.45, 7) is 1.36. The average Bonchev–Trinajstić information content (AvgIpc) is 2.02. The van der Waals surface area contributed by atoms with Crippen molar-refractivity contribution in [2.24, 2.45) is 0 Å². The number of benzene rings is 1. The van der Waals surface area contributed by atoms with Gasteiger partial charge in [-0.05, 0) is 31.2 Å². The molecule has 0 aliphatic carbocycles. The number of carbonyl (C=O) groups is 1. The summed E-state index contributed by atoms with van der Waals surface area (Å²) >= 11 is 0. The van der Waals surface area contributed by atoms with Crippen LogP contribution in [0.4, 0.5) is 8.78 Å². The fourth-order valence-electron chi connectivity index (χ4n) is 0.844. The van der Waals surface area contributed by atoms with Gasteiger partial charge in [0.15, 0.2) is 5.78 Å². The molecule has 68 valence electrons. The zero-order valence-electron chi connectivity index (χ0n) is 7.05. The van der Waals surface area contributed by atoms with Crippen LogP contribution in [0.5, 0.6) is 0 Å². The summed E-state index contributed by atoms with van der Waals surface area (Å²) in [4.78, 5) is 10.5. The van der Waals surface area contributed by atoms with Gasteiger partial charge in [0.1, 0.15) is 11.6 Å². The van der Waals surface area contributed by atoms with Crippen LogP contribution >= 0.6 is 0 Å². The molecule has 0 bridgehead atoms. The number of allylic oxidation sites excluding steroid dienone is 1. The van der Waals surface area contributed by atoms with Crippen LogP contribution in [-0.2, 0) is 4.79 Å². The molecular weight excluding hydrogens is 174 g/mol. The van der Waals surface area contributed by atoms with Gasteiger partial charge in [0.25, 0.3) is 0 Å². The van der Waals surface area contributed by atoms with Gasteiger partial charge < -0.3 is 0 Å². The van der Waals surface area contributed by atoms with E-state index in [4.69, 9.17) is 0 Å². The fourth-order valence-corrected chi connectivity index (χ4v) is 0.844. The van der Waals surface area contributed by atoms with E-state index in [0.29, 0.717) is 0 Å². The Kier molecular flexibility index (Phi) is 2.90. The van der Waals surface area contributed by atoms with E-state index in [1.54, 1.807) is 0 Å². The lowest BCUT2D eigenvalue weighted by molar-refractivity contribution is -0.112.